The number of aryl methyl sites for hydroxylation is 1. The molecule has 1 amide bonds. The fraction of sp³-hybridized carbons (Fsp3) is 0.389. The second-order valence-corrected chi connectivity index (χ2v) is 6.27. The molecule has 0 aliphatic carbocycles. The van der Waals surface area contributed by atoms with Crippen LogP contribution in [0.1, 0.15) is 30.0 Å². The van der Waals surface area contributed by atoms with Crippen LogP contribution in [0.25, 0.3) is 0 Å². The van der Waals surface area contributed by atoms with Crippen LogP contribution in [0.3, 0.4) is 0 Å². The number of nitrogens with two attached hydrogens (primary N) is 2. The molecular weight excluding hydrogens is 351 g/mol. The first-order valence-electron chi connectivity index (χ1n) is 8.57. The number of benzene rings is 1. The first-order chi connectivity index (χ1) is 12.7. The summed E-state index contributed by atoms with van der Waals surface area (Å²) in [7, 11) is 3.64. The van der Waals surface area contributed by atoms with Gasteiger partial charge in [0, 0.05) is 38.5 Å². The summed E-state index contributed by atoms with van der Waals surface area (Å²) < 4.78 is 19.5. The van der Waals surface area contributed by atoms with Crippen LogP contribution in [-0.2, 0) is 6.42 Å². The fourth-order valence-electron chi connectivity index (χ4n) is 2.44. The van der Waals surface area contributed by atoms with Gasteiger partial charge in [0.2, 0.25) is 0 Å². The molecule has 146 valence electrons. The van der Waals surface area contributed by atoms with Gasteiger partial charge in [0.15, 0.2) is 17.3 Å². The minimum atomic E-state index is -0.727. The van der Waals surface area contributed by atoms with Crippen molar-refractivity contribution in [2.24, 2.45) is 11.5 Å². The lowest BCUT2D eigenvalue weighted by atomic mass is 10.2. The zero-order chi connectivity index (χ0) is 20.1. The highest BCUT2D eigenvalue weighted by atomic mass is 19.1. The second kappa shape index (κ2) is 8.63. The molecule has 8 nitrogen and oxygen atoms in total. The van der Waals surface area contributed by atoms with Gasteiger partial charge in [-0.3, -0.25) is 4.79 Å². The maximum Gasteiger partial charge on any atom is 0.271 e. The van der Waals surface area contributed by atoms with Gasteiger partial charge < -0.3 is 26.4 Å². The largest absolute Gasteiger partial charge is 0.489 e. The van der Waals surface area contributed by atoms with Gasteiger partial charge in [0.1, 0.15) is 17.7 Å². The number of nitrogens with one attached hydrogen (secondary N) is 1. The monoisotopic (exact) mass is 376 g/mol. The highest BCUT2D eigenvalue weighted by Gasteiger charge is 2.18. The first-order valence-corrected chi connectivity index (χ1v) is 8.57. The predicted octanol–water partition coefficient (Wildman–Crippen LogP) is 1.81. The van der Waals surface area contributed by atoms with Crippen LogP contribution < -0.4 is 26.4 Å². The Morgan fingerprint density at radius 2 is 2.04 bits per heavy atom. The van der Waals surface area contributed by atoms with Gasteiger partial charge >= 0.3 is 0 Å². The van der Waals surface area contributed by atoms with E-state index in [0.29, 0.717) is 35.9 Å². The highest BCUT2D eigenvalue weighted by molar-refractivity contribution is 5.96. The molecule has 0 spiro atoms. The van der Waals surface area contributed by atoms with E-state index in [1.807, 2.05) is 21.0 Å². The van der Waals surface area contributed by atoms with E-state index in [0.717, 1.165) is 0 Å². The highest BCUT2D eigenvalue weighted by Crippen LogP contribution is 2.27. The Kier molecular flexibility index (Phi) is 6.51. The third kappa shape index (κ3) is 5.04. The van der Waals surface area contributed by atoms with Crippen LogP contribution in [0, 0.1) is 5.82 Å². The molecule has 1 aromatic carbocycles. The molecule has 0 fully saturated rings. The number of carbonyl (C=O) groups is 1. The minimum Gasteiger partial charge on any atom is -0.489 e. The number of hydrogen-bond acceptors (Lipinski definition) is 7. The number of anilines is 3. The number of amides is 1. The molecular formula is C18H25FN6O2. The van der Waals surface area contributed by atoms with Crippen LogP contribution in [-0.4, -0.2) is 42.6 Å². The van der Waals surface area contributed by atoms with E-state index in [1.165, 1.54) is 12.1 Å². The topological polar surface area (TPSA) is 119 Å². The molecule has 1 aromatic heterocycles. The van der Waals surface area contributed by atoms with Crippen molar-refractivity contribution >= 4 is 23.2 Å². The number of carbonyl (C=O) groups excluding carboxylic acids is 1. The third-order valence-corrected chi connectivity index (χ3v) is 3.74. The molecule has 2 aromatic rings. The molecule has 27 heavy (non-hydrogen) atoms. The van der Waals surface area contributed by atoms with Crippen molar-refractivity contribution in [2.45, 2.75) is 26.4 Å². The Hall–Kier alpha value is -2.94. The Bertz CT molecular complexity index is 828. The van der Waals surface area contributed by atoms with Crippen LogP contribution >= 0.6 is 0 Å². The van der Waals surface area contributed by atoms with Crippen molar-refractivity contribution in [1.29, 1.82) is 0 Å². The fourth-order valence-corrected chi connectivity index (χ4v) is 2.44. The van der Waals surface area contributed by atoms with Gasteiger partial charge in [-0.2, -0.15) is 0 Å². The average molecular weight is 376 g/mol. The quantitative estimate of drug-likeness (QED) is 0.643. The Labute approximate surface area is 157 Å². The van der Waals surface area contributed by atoms with E-state index in [4.69, 9.17) is 16.2 Å². The van der Waals surface area contributed by atoms with Crippen molar-refractivity contribution in [1.82, 2.24) is 9.97 Å². The van der Waals surface area contributed by atoms with Crippen LogP contribution in [0.5, 0.6) is 5.75 Å². The summed E-state index contributed by atoms with van der Waals surface area (Å²) in [6, 6.07) is 4.10. The van der Waals surface area contributed by atoms with Gasteiger partial charge in [0.05, 0.1) is 5.69 Å². The molecule has 9 heteroatoms. The molecule has 0 unspecified atom stereocenters. The lowest BCUT2D eigenvalue weighted by Crippen LogP contribution is -2.23. The van der Waals surface area contributed by atoms with Gasteiger partial charge in [0.25, 0.3) is 5.91 Å². The van der Waals surface area contributed by atoms with E-state index < -0.39 is 11.7 Å². The van der Waals surface area contributed by atoms with Crippen molar-refractivity contribution in [3.05, 3.63) is 35.4 Å². The second-order valence-electron chi connectivity index (χ2n) is 6.27. The summed E-state index contributed by atoms with van der Waals surface area (Å²) in [4.78, 5) is 22.4. The van der Waals surface area contributed by atoms with Crippen molar-refractivity contribution < 1.29 is 13.9 Å². The zero-order valence-corrected chi connectivity index (χ0v) is 15.9. The van der Waals surface area contributed by atoms with Crippen LogP contribution in [0.4, 0.5) is 21.7 Å². The number of hydrogen-bond donors (Lipinski definition) is 3. The molecule has 5 N–H and O–H groups in total. The standard InChI is InChI=1S/C18H25FN6O2/c1-5-14-18(25(3)4)24-17(15(23-14)16(21)26)22-12-6-11(19)7-13(8-12)27-10(2)9-20/h6-8,10H,5,9,20H2,1-4H3,(H2,21,26)(H,22,24)/t10-/m0/s1. The van der Waals surface area contributed by atoms with Gasteiger partial charge in [-0.05, 0) is 19.4 Å². The molecule has 0 aliphatic rings. The lowest BCUT2D eigenvalue weighted by Gasteiger charge is -2.19. The molecule has 0 bridgehead atoms. The zero-order valence-electron chi connectivity index (χ0n) is 15.9. The number of aromatic nitrogens is 2. The molecule has 0 saturated heterocycles. The number of nitrogens with zero attached hydrogens (tertiary/aromatic N) is 3. The summed E-state index contributed by atoms with van der Waals surface area (Å²) in [5.74, 6) is -0.191. The molecule has 0 aliphatic heterocycles. The summed E-state index contributed by atoms with van der Waals surface area (Å²) in [5.41, 5.74) is 12.0. The lowest BCUT2D eigenvalue weighted by molar-refractivity contribution is 0.0996. The average Bonchev–Trinajstić information content (AvgIpc) is 2.60. The summed E-state index contributed by atoms with van der Waals surface area (Å²) in [6.45, 7) is 3.98. The van der Waals surface area contributed by atoms with Gasteiger partial charge in [-0.1, -0.05) is 6.92 Å². The molecule has 1 heterocycles. The van der Waals surface area contributed by atoms with Gasteiger partial charge in [-0.15, -0.1) is 0 Å². The molecule has 2 rings (SSSR count). The van der Waals surface area contributed by atoms with Crippen molar-refractivity contribution in [2.75, 3.05) is 30.9 Å². The van der Waals surface area contributed by atoms with E-state index in [2.05, 4.69) is 15.3 Å². The normalized spacial score (nSPS) is 11.8. The van der Waals surface area contributed by atoms with Crippen LogP contribution in [0.2, 0.25) is 0 Å². The number of ether oxygens (including phenoxy) is 1. The third-order valence-electron chi connectivity index (χ3n) is 3.74. The summed E-state index contributed by atoms with van der Waals surface area (Å²) in [5, 5.41) is 2.92. The maximum absolute atomic E-state index is 14.0. The van der Waals surface area contributed by atoms with E-state index >= 15 is 0 Å². The maximum atomic E-state index is 14.0. The SMILES string of the molecule is CCc1nc(C(N)=O)c(Nc2cc(F)cc(O[C@@H](C)CN)c2)nc1N(C)C. The van der Waals surface area contributed by atoms with E-state index in [1.54, 1.807) is 17.9 Å². The molecule has 0 radical (unpaired) electrons. The van der Waals surface area contributed by atoms with E-state index in [9.17, 15) is 9.18 Å². The Morgan fingerprint density at radius 1 is 1.33 bits per heavy atom. The number of rotatable bonds is 8. The predicted molar refractivity (Wildman–Crippen MR) is 103 cm³/mol. The Balaban J connectivity index is 2.46. The summed E-state index contributed by atoms with van der Waals surface area (Å²) in [6.07, 6.45) is 0.306. The molecule has 0 saturated carbocycles. The minimum absolute atomic E-state index is 0.0143. The summed E-state index contributed by atoms with van der Waals surface area (Å²) >= 11 is 0. The van der Waals surface area contributed by atoms with Gasteiger partial charge in [-0.25, -0.2) is 14.4 Å². The Morgan fingerprint density at radius 3 is 2.59 bits per heavy atom. The number of primary amides is 1. The molecule has 1 atom stereocenters. The van der Waals surface area contributed by atoms with E-state index in [-0.39, 0.29) is 17.6 Å². The van der Waals surface area contributed by atoms with Crippen molar-refractivity contribution in [3.8, 4) is 5.75 Å². The first kappa shape index (κ1) is 20.4. The van der Waals surface area contributed by atoms with Crippen molar-refractivity contribution in [3.63, 3.8) is 0 Å². The van der Waals surface area contributed by atoms with Crippen LogP contribution in [0.15, 0.2) is 18.2 Å². The smallest absolute Gasteiger partial charge is 0.271 e. The number of halogens is 1.